The Bertz CT molecular complexity index is 1850. The monoisotopic (exact) mass is 539 g/mol. The van der Waals surface area contributed by atoms with Crippen LogP contribution in [0.15, 0.2) is 76.4 Å². The molecular formula is C30H25N3O7. The molecule has 40 heavy (non-hydrogen) atoms. The maximum absolute atomic E-state index is 14.0. The number of rotatable bonds is 7. The summed E-state index contributed by atoms with van der Waals surface area (Å²) >= 11 is 0. The standard InChI is InChI=1S/C30H25N3O7/c1-15-8-10-18-19(12-15)32-30(31-18)33-25(16-9-11-20(37-2)22(13-16)39-4)24(27(35)29(33)36)26(34)23-14-17-6-5-7-21(38-3)28(17)40-23/h5-14,25,35H,1-4H3,(H,31,32). The largest absolute Gasteiger partial charge is 0.503 e. The van der Waals surface area contributed by atoms with Crippen LogP contribution in [0.1, 0.15) is 27.7 Å². The van der Waals surface area contributed by atoms with Gasteiger partial charge >= 0.3 is 0 Å². The molecule has 0 spiro atoms. The molecule has 5 aromatic rings. The van der Waals surface area contributed by atoms with Crippen molar-refractivity contribution in [2.75, 3.05) is 26.2 Å². The number of anilines is 1. The zero-order valence-corrected chi connectivity index (χ0v) is 22.1. The normalized spacial score (nSPS) is 15.3. The number of carbonyl (C=O) groups excluding carboxylic acids is 2. The molecule has 3 heterocycles. The van der Waals surface area contributed by atoms with Crippen LogP contribution in [0.2, 0.25) is 0 Å². The lowest BCUT2D eigenvalue weighted by Crippen LogP contribution is -2.32. The van der Waals surface area contributed by atoms with E-state index in [1.807, 2.05) is 25.1 Å². The molecule has 0 radical (unpaired) electrons. The smallest absolute Gasteiger partial charge is 0.296 e. The fourth-order valence-corrected chi connectivity index (χ4v) is 5.06. The van der Waals surface area contributed by atoms with E-state index in [9.17, 15) is 14.7 Å². The number of fused-ring (bicyclic) bond motifs is 2. The summed E-state index contributed by atoms with van der Waals surface area (Å²) in [6, 6.07) is 16.4. The third kappa shape index (κ3) is 3.84. The molecule has 0 saturated carbocycles. The molecule has 0 aliphatic carbocycles. The Hall–Kier alpha value is -5.25. The number of H-pyrrole nitrogens is 1. The summed E-state index contributed by atoms with van der Waals surface area (Å²) in [6.45, 7) is 1.94. The van der Waals surface area contributed by atoms with Gasteiger partial charge in [-0.05, 0) is 54.4 Å². The van der Waals surface area contributed by atoms with Gasteiger partial charge in [-0.1, -0.05) is 24.3 Å². The lowest BCUT2D eigenvalue weighted by Gasteiger charge is -2.25. The predicted molar refractivity (Wildman–Crippen MR) is 147 cm³/mol. The van der Waals surface area contributed by atoms with Crippen molar-refractivity contribution in [1.29, 1.82) is 0 Å². The number of para-hydroxylation sites is 1. The van der Waals surface area contributed by atoms with E-state index in [1.165, 1.54) is 26.2 Å². The molecule has 1 atom stereocenters. The maximum atomic E-state index is 14.0. The van der Waals surface area contributed by atoms with Gasteiger partial charge in [-0.25, -0.2) is 4.98 Å². The zero-order valence-electron chi connectivity index (χ0n) is 22.1. The minimum atomic E-state index is -1.06. The van der Waals surface area contributed by atoms with Crippen LogP contribution in [0.3, 0.4) is 0 Å². The van der Waals surface area contributed by atoms with Crippen molar-refractivity contribution in [2.24, 2.45) is 0 Å². The number of amides is 1. The first kappa shape index (κ1) is 25.1. The molecule has 1 unspecified atom stereocenters. The molecule has 0 bridgehead atoms. The number of nitrogens with zero attached hydrogens (tertiary/aromatic N) is 2. The molecular weight excluding hydrogens is 514 g/mol. The second-order valence-corrected chi connectivity index (χ2v) is 9.35. The van der Waals surface area contributed by atoms with Crippen LogP contribution >= 0.6 is 0 Å². The van der Waals surface area contributed by atoms with E-state index >= 15 is 0 Å². The number of furan rings is 1. The number of hydrogen-bond donors (Lipinski definition) is 2. The van der Waals surface area contributed by atoms with Crippen LogP contribution < -0.4 is 19.1 Å². The van der Waals surface area contributed by atoms with Crippen molar-refractivity contribution in [3.8, 4) is 17.2 Å². The number of aryl methyl sites for hydroxylation is 1. The van der Waals surface area contributed by atoms with Gasteiger partial charge in [-0.15, -0.1) is 0 Å². The molecule has 1 amide bonds. The number of benzene rings is 3. The Labute approximate surface area is 228 Å². The number of aromatic amines is 1. The fraction of sp³-hybridized carbons (Fsp3) is 0.167. The summed E-state index contributed by atoms with van der Waals surface area (Å²) in [7, 11) is 4.50. The van der Waals surface area contributed by atoms with E-state index in [4.69, 9.17) is 18.6 Å². The number of nitrogens with one attached hydrogen (secondary N) is 1. The van der Waals surface area contributed by atoms with Crippen molar-refractivity contribution in [3.05, 3.63) is 88.9 Å². The molecule has 1 aliphatic rings. The number of ketones is 1. The van der Waals surface area contributed by atoms with Gasteiger partial charge in [-0.2, -0.15) is 0 Å². The van der Waals surface area contributed by atoms with Crippen LogP contribution in [0.5, 0.6) is 17.2 Å². The highest BCUT2D eigenvalue weighted by Crippen LogP contribution is 2.44. The first-order chi connectivity index (χ1) is 19.3. The quantitative estimate of drug-likeness (QED) is 0.262. The molecule has 10 nitrogen and oxygen atoms in total. The third-order valence-electron chi connectivity index (χ3n) is 6.98. The Morgan fingerprint density at radius 1 is 0.975 bits per heavy atom. The lowest BCUT2D eigenvalue weighted by molar-refractivity contribution is -0.117. The number of carbonyl (C=O) groups is 2. The first-order valence-electron chi connectivity index (χ1n) is 12.4. The molecule has 2 aromatic heterocycles. The summed E-state index contributed by atoms with van der Waals surface area (Å²) in [5, 5.41) is 11.8. The van der Waals surface area contributed by atoms with Crippen molar-refractivity contribution in [3.63, 3.8) is 0 Å². The summed E-state index contributed by atoms with van der Waals surface area (Å²) in [5.74, 6) is -0.717. The Kier molecular flexibility index (Phi) is 5.95. The van der Waals surface area contributed by atoms with Gasteiger partial charge in [-0.3, -0.25) is 14.5 Å². The highest BCUT2D eigenvalue weighted by atomic mass is 16.5. The highest BCUT2D eigenvalue weighted by molar-refractivity contribution is 6.20. The van der Waals surface area contributed by atoms with E-state index in [1.54, 1.807) is 42.5 Å². The minimum absolute atomic E-state index is 0.0543. The summed E-state index contributed by atoms with van der Waals surface area (Å²) in [4.78, 5) is 36.7. The molecule has 0 fully saturated rings. The van der Waals surface area contributed by atoms with E-state index in [0.29, 0.717) is 44.8 Å². The zero-order chi connectivity index (χ0) is 28.1. The molecule has 202 valence electrons. The van der Waals surface area contributed by atoms with Crippen LogP contribution in [-0.4, -0.2) is 48.1 Å². The molecule has 3 aromatic carbocycles. The second-order valence-electron chi connectivity index (χ2n) is 9.35. The number of ether oxygens (including phenoxy) is 3. The average Bonchev–Trinajstić information content (AvgIpc) is 3.66. The second kappa shape index (κ2) is 9.49. The lowest BCUT2D eigenvalue weighted by atomic mass is 9.94. The van der Waals surface area contributed by atoms with Crippen LogP contribution in [0.4, 0.5) is 5.95 Å². The molecule has 0 saturated heterocycles. The SMILES string of the molecule is COc1ccc(C2C(C(=O)c3cc4cccc(OC)c4o3)=C(O)C(=O)N2c2nc3ccc(C)cc3[nH]2)cc1OC. The van der Waals surface area contributed by atoms with Gasteiger partial charge in [0.2, 0.25) is 11.7 Å². The highest BCUT2D eigenvalue weighted by Gasteiger charge is 2.47. The van der Waals surface area contributed by atoms with Crippen LogP contribution in [0.25, 0.3) is 22.0 Å². The first-order valence-corrected chi connectivity index (χ1v) is 12.4. The Morgan fingerprint density at radius 3 is 2.50 bits per heavy atom. The van der Waals surface area contributed by atoms with Gasteiger partial charge in [0.05, 0.1) is 44.0 Å². The van der Waals surface area contributed by atoms with Crippen molar-refractivity contribution >= 4 is 39.6 Å². The molecule has 10 heteroatoms. The number of Topliss-reactive ketones (excluding diaryl/α,β-unsaturated/α-hetero) is 1. The number of aromatic nitrogens is 2. The van der Waals surface area contributed by atoms with Crippen molar-refractivity contribution in [1.82, 2.24) is 9.97 Å². The number of aliphatic hydroxyl groups excluding tert-OH is 1. The predicted octanol–water partition coefficient (Wildman–Crippen LogP) is 5.43. The van der Waals surface area contributed by atoms with Crippen LogP contribution in [0, 0.1) is 6.92 Å². The Balaban J connectivity index is 1.53. The van der Waals surface area contributed by atoms with Crippen molar-refractivity contribution < 1.29 is 33.3 Å². The van der Waals surface area contributed by atoms with E-state index in [0.717, 1.165) is 5.56 Å². The molecule has 6 rings (SSSR count). The van der Waals surface area contributed by atoms with Gasteiger partial charge in [0.25, 0.3) is 5.91 Å². The Morgan fingerprint density at radius 2 is 1.75 bits per heavy atom. The topological polar surface area (TPSA) is 127 Å². The van der Waals surface area contributed by atoms with Gasteiger partial charge in [0.1, 0.15) is 0 Å². The minimum Gasteiger partial charge on any atom is -0.503 e. The fourth-order valence-electron chi connectivity index (χ4n) is 5.06. The number of aliphatic hydroxyl groups is 1. The summed E-state index contributed by atoms with van der Waals surface area (Å²) in [5.41, 5.74) is 3.05. The van der Waals surface area contributed by atoms with Gasteiger partial charge in [0.15, 0.2) is 34.4 Å². The van der Waals surface area contributed by atoms with E-state index < -0.39 is 23.5 Å². The van der Waals surface area contributed by atoms with Gasteiger partial charge < -0.3 is 28.7 Å². The third-order valence-corrected chi connectivity index (χ3v) is 6.98. The summed E-state index contributed by atoms with van der Waals surface area (Å²) in [6.07, 6.45) is 0. The molecule has 1 aliphatic heterocycles. The van der Waals surface area contributed by atoms with Gasteiger partial charge in [0, 0.05) is 5.39 Å². The van der Waals surface area contributed by atoms with Crippen LogP contribution in [-0.2, 0) is 4.79 Å². The van der Waals surface area contributed by atoms with E-state index in [-0.39, 0.29) is 17.3 Å². The maximum Gasteiger partial charge on any atom is 0.296 e. The van der Waals surface area contributed by atoms with Crippen molar-refractivity contribution in [2.45, 2.75) is 13.0 Å². The number of imidazole rings is 1. The molecule has 2 N–H and O–H groups in total. The number of hydrogen-bond acceptors (Lipinski definition) is 8. The number of methoxy groups -OCH3 is 3. The summed E-state index contributed by atoms with van der Waals surface area (Å²) < 4.78 is 22.1. The van der Waals surface area contributed by atoms with E-state index in [2.05, 4.69) is 9.97 Å². The average molecular weight is 540 g/mol.